The molecule has 6 nitrogen and oxygen atoms in total. The molecular weight excluding hydrogens is 340 g/mol. The lowest BCUT2D eigenvalue weighted by Crippen LogP contribution is -2.48. The Labute approximate surface area is 163 Å². The monoisotopic (exact) mass is 374 g/mol. The minimum Gasteiger partial charge on any atom is -0.379 e. The smallest absolute Gasteiger partial charge is 0.315 e. The van der Waals surface area contributed by atoms with Gasteiger partial charge in [-0.05, 0) is 43.9 Å². The highest BCUT2D eigenvalue weighted by atomic mass is 16.5. The lowest BCUT2D eigenvalue weighted by Gasteiger charge is -2.32. The Hall–Kier alpha value is -1.63. The normalized spacial score (nSPS) is 19.7. The molecule has 0 aromatic heterocycles. The van der Waals surface area contributed by atoms with Gasteiger partial charge in [0.1, 0.15) is 0 Å². The average molecular weight is 375 g/mol. The number of benzene rings is 1. The predicted molar refractivity (Wildman–Crippen MR) is 108 cm³/mol. The van der Waals surface area contributed by atoms with Gasteiger partial charge < -0.3 is 15.4 Å². The van der Waals surface area contributed by atoms with Crippen molar-refractivity contribution in [1.29, 1.82) is 0 Å². The molecule has 2 aliphatic heterocycles. The Balaban J connectivity index is 1.27. The molecule has 27 heavy (non-hydrogen) atoms. The summed E-state index contributed by atoms with van der Waals surface area (Å²) in [5.74, 6) is 0. The van der Waals surface area contributed by atoms with E-state index < -0.39 is 0 Å². The van der Waals surface area contributed by atoms with Gasteiger partial charge in [-0.2, -0.15) is 0 Å². The van der Waals surface area contributed by atoms with Crippen LogP contribution in [0.25, 0.3) is 0 Å². The topological polar surface area (TPSA) is 56.8 Å². The third-order valence-corrected chi connectivity index (χ3v) is 5.62. The van der Waals surface area contributed by atoms with Crippen LogP contribution in [0.3, 0.4) is 0 Å². The maximum absolute atomic E-state index is 12.1. The van der Waals surface area contributed by atoms with Gasteiger partial charge in [-0.1, -0.05) is 24.3 Å². The summed E-state index contributed by atoms with van der Waals surface area (Å²) in [5, 5.41) is 6.15. The second-order valence-corrected chi connectivity index (χ2v) is 7.68. The maximum atomic E-state index is 12.1. The Morgan fingerprint density at radius 2 is 1.85 bits per heavy atom. The molecule has 2 aliphatic rings. The number of carbonyl (C=O) groups excluding carboxylic acids is 1. The van der Waals surface area contributed by atoms with Gasteiger partial charge in [-0.3, -0.25) is 9.80 Å². The quantitative estimate of drug-likeness (QED) is 0.717. The summed E-state index contributed by atoms with van der Waals surface area (Å²) < 4.78 is 5.35. The second kappa shape index (κ2) is 10.6. The molecule has 1 aromatic rings. The summed E-state index contributed by atoms with van der Waals surface area (Å²) in [5.41, 5.74) is 2.76. The third-order valence-electron chi connectivity index (χ3n) is 5.62. The zero-order valence-corrected chi connectivity index (χ0v) is 16.6. The van der Waals surface area contributed by atoms with Gasteiger partial charge >= 0.3 is 6.03 Å². The van der Waals surface area contributed by atoms with Crippen molar-refractivity contribution in [2.45, 2.75) is 38.8 Å². The Morgan fingerprint density at radius 3 is 2.59 bits per heavy atom. The van der Waals surface area contributed by atoms with Gasteiger partial charge in [0.15, 0.2) is 0 Å². The van der Waals surface area contributed by atoms with Gasteiger partial charge in [0.2, 0.25) is 0 Å². The molecule has 1 aromatic carbocycles. The van der Waals surface area contributed by atoms with E-state index in [9.17, 15) is 4.79 Å². The average Bonchev–Trinajstić information content (AvgIpc) is 2.69. The maximum Gasteiger partial charge on any atom is 0.315 e. The summed E-state index contributed by atoms with van der Waals surface area (Å²) in [6.07, 6.45) is 3.03. The van der Waals surface area contributed by atoms with E-state index in [0.717, 1.165) is 78.3 Å². The number of aryl methyl sites for hydroxylation is 1. The van der Waals surface area contributed by atoms with Gasteiger partial charge in [0.25, 0.3) is 0 Å². The molecule has 2 fully saturated rings. The molecule has 150 valence electrons. The number of hydrogen-bond donors (Lipinski definition) is 2. The fourth-order valence-corrected chi connectivity index (χ4v) is 3.83. The molecule has 0 saturated carbocycles. The van der Waals surface area contributed by atoms with Crippen LogP contribution in [0.15, 0.2) is 24.3 Å². The van der Waals surface area contributed by atoms with Crippen LogP contribution in [-0.2, 0) is 11.3 Å². The van der Waals surface area contributed by atoms with Crippen LogP contribution in [0.2, 0.25) is 0 Å². The van der Waals surface area contributed by atoms with E-state index in [2.05, 4.69) is 51.6 Å². The lowest BCUT2D eigenvalue weighted by atomic mass is 10.0. The molecule has 0 aliphatic carbocycles. The van der Waals surface area contributed by atoms with E-state index in [4.69, 9.17) is 4.74 Å². The second-order valence-electron chi connectivity index (χ2n) is 7.68. The van der Waals surface area contributed by atoms with E-state index in [-0.39, 0.29) is 12.1 Å². The Bertz CT molecular complexity index is 581. The molecule has 0 unspecified atom stereocenters. The molecule has 0 bridgehead atoms. The molecule has 2 N–H and O–H groups in total. The zero-order valence-electron chi connectivity index (χ0n) is 16.6. The number of amides is 2. The standard InChI is InChI=1S/C21H34N4O2/c1-18-5-2-3-6-19(18)17-25-11-7-20(8-12-25)23-21(26)22-9-4-10-24-13-15-27-16-14-24/h2-3,5-6,20H,4,7-17H2,1H3,(H2,22,23,26). The molecule has 2 heterocycles. The molecular formula is C21H34N4O2. The highest BCUT2D eigenvalue weighted by Gasteiger charge is 2.21. The van der Waals surface area contributed by atoms with Crippen LogP contribution in [0.4, 0.5) is 4.79 Å². The first kappa shape index (κ1) is 20.1. The van der Waals surface area contributed by atoms with Crippen molar-refractivity contribution >= 4 is 6.03 Å². The molecule has 0 spiro atoms. The number of piperidine rings is 1. The third kappa shape index (κ3) is 6.79. The number of likely N-dealkylation sites (tertiary alicyclic amines) is 1. The van der Waals surface area contributed by atoms with Crippen molar-refractivity contribution < 1.29 is 9.53 Å². The van der Waals surface area contributed by atoms with Crippen LogP contribution in [0, 0.1) is 6.92 Å². The summed E-state index contributed by atoms with van der Waals surface area (Å²) in [6.45, 7) is 10.7. The molecule has 2 saturated heterocycles. The van der Waals surface area contributed by atoms with Crippen LogP contribution in [-0.4, -0.2) is 74.4 Å². The molecule has 2 amide bonds. The summed E-state index contributed by atoms with van der Waals surface area (Å²) in [4.78, 5) is 17.0. The van der Waals surface area contributed by atoms with Gasteiger partial charge in [-0.15, -0.1) is 0 Å². The highest BCUT2D eigenvalue weighted by Crippen LogP contribution is 2.16. The van der Waals surface area contributed by atoms with Gasteiger partial charge in [0, 0.05) is 45.3 Å². The SMILES string of the molecule is Cc1ccccc1CN1CCC(NC(=O)NCCCN2CCOCC2)CC1. The summed E-state index contributed by atoms with van der Waals surface area (Å²) in [7, 11) is 0. The van der Waals surface area contributed by atoms with Crippen LogP contribution < -0.4 is 10.6 Å². The molecule has 0 atom stereocenters. The first-order valence-electron chi connectivity index (χ1n) is 10.3. The van der Waals surface area contributed by atoms with Gasteiger partial charge in [0.05, 0.1) is 13.2 Å². The van der Waals surface area contributed by atoms with E-state index in [1.807, 2.05) is 0 Å². The van der Waals surface area contributed by atoms with E-state index in [1.54, 1.807) is 0 Å². The first-order chi connectivity index (χ1) is 13.2. The van der Waals surface area contributed by atoms with Crippen molar-refractivity contribution in [1.82, 2.24) is 20.4 Å². The summed E-state index contributed by atoms with van der Waals surface area (Å²) in [6, 6.07) is 8.86. The van der Waals surface area contributed by atoms with Crippen molar-refractivity contribution in [2.75, 3.05) is 52.5 Å². The minimum atomic E-state index is -0.0191. The van der Waals surface area contributed by atoms with Crippen LogP contribution in [0.1, 0.15) is 30.4 Å². The summed E-state index contributed by atoms with van der Waals surface area (Å²) >= 11 is 0. The number of hydrogen-bond acceptors (Lipinski definition) is 4. The first-order valence-corrected chi connectivity index (χ1v) is 10.3. The van der Waals surface area contributed by atoms with Crippen molar-refractivity contribution in [3.05, 3.63) is 35.4 Å². The molecule has 6 heteroatoms. The van der Waals surface area contributed by atoms with E-state index in [1.165, 1.54) is 11.1 Å². The number of rotatable bonds is 7. The largest absolute Gasteiger partial charge is 0.379 e. The van der Waals surface area contributed by atoms with Crippen molar-refractivity contribution in [3.63, 3.8) is 0 Å². The minimum absolute atomic E-state index is 0.0191. The Kier molecular flexibility index (Phi) is 7.93. The van der Waals surface area contributed by atoms with E-state index in [0.29, 0.717) is 0 Å². The number of morpholine rings is 1. The number of nitrogens with zero attached hydrogens (tertiary/aromatic N) is 2. The molecule has 3 rings (SSSR count). The lowest BCUT2D eigenvalue weighted by molar-refractivity contribution is 0.0375. The van der Waals surface area contributed by atoms with Crippen LogP contribution >= 0.6 is 0 Å². The fourth-order valence-electron chi connectivity index (χ4n) is 3.83. The van der Waals surface area contributed by atoms with Gasteiger partial charge in [-0.25, -0.2) is 4.79 Å². The fraction of sp³-hybridized carbons (Fsp3) is 0.667. The predicted octanol–water partition coefficient (Wildman–Crippen LogP) is 1.98. The number of ether oxygens (including phenoxy) is 1. The highest BCUT2D eigenvalue weighted by molar-refractivity contribution is 5.74. The van der Waals surface area contributed by atoms with Crippen LogP contribution in [0.5, 0.6) is 0 Å². The van der Waals surface area contributed by atoms with E-state index >= 15 is 0 Å². The number of nitrogens with one attached hydrogen (secondary N) is 2. The number of urea groups is 1. The molecule has 0 radical (unpaired) electrons. The Morgan fingerprint density at radius 1 is 1.11 bits per heavy atom. The van der Waals surface area contributed by atoms with Crippen molar-refractivity contribution in [2.24, 2.45) is 0 Å². The number of carbonyl (C=O) groups is 1. The van der Waals surface area contributed by atoms with Crippen molar-refractivity contribution in [3.8, 4) is 0 Å². The zero-order chi connectivity index (χ0) is 18.9.